The fourth-order valence-corrected chi connectivity index (χ4v) is 2.93. The largest absolute Gasteiger partial charge is 0.381 e. The van der Waals surface area contributed by atoms with Crippen molar-refractivity contribution in [3.05, 3.63) is 36.2 Å². The number of aromatic nitrogens is 2. The van der Waals surface area contributed by atoms with Crippen molar-refractivity contribution in [2.45, 2.75) is 31.5 Å². The predicted molar refractivity (Wildman–Crippen MR) is 90.3 cm³/mol. The SMILES string of the molecule is COC1CCN(Cc2noc(-c3ccccc3)n2)C(CN)C1.Cl. The van der Waals surface area contributed by atoms with E-state index in [1.165, 1.54) is 0 Å². The number of rotatable bonds is 5. The van der Waals surface area contributed by atoms with E-state index in [9.17, 15) is 0 Å². The Balaban J connectivity index is 0.00000192. The molecule has 3 rings (SSSR count). The van der Waals surface area contributed by atoms with E-state index in [2.05, 4.69) is 15.0 Å². The number of nitrogens with two attached hydrogens (primary N) is 1. The number of halogens is 1. The fraction of sp³-hybridized carbons (Fsp3) is 0.500. The van der Waals surface area contributed by atoms with E-state index in [1.807, 2.05) is 30.3 Å². The Labute approximate surface area is 142 Å². The molecule has 6 nitrogen and oxygen atoms in total. The van der Waals surface area contributed by atoms with E-state index in [4.69, 9.17) is 15.0 Å². The Hall–Kier alpha value is -1.47. The van der Waals surface area contributed by atoms with Crippen molar-refractivity contribution in [2.75, 3.05) is 20.2 Å². The Morgan fingerprint density at radius 1 is 1.35 bits per heavy atom. The first kappa shape index (κ1) is 17.9. The molecule has 1 aromatic carbocycles. The van der Waals surface area contributed by atoms with Crippen molar-refractivity contribution in [3.8, 4) is 11.5 Å². The van der Waals surface area contributed by atoms with Gasteiger partial charge < -0.3 is 15.0 Å². The second kappa shape index (κ2) is 8.40. The number of ether oxygens (including phenoxy) is 1. The average Bonchev–Trinajstić information content (AvgIpc) is 3.04. The number of likely N-dealkylation sites (tertiary alicyclic amines) is 1. The first-order chi connectivity index (χ1) is 10.8. The minimum absolute atomic E-state index is 0. The van der Waals surface area contributed by atoms with Crippen LogP contribution in [0.25, 0.3) is 11.5 Å². The molecular formula is C16H23ClN4O2. The standard InChI is InChI=1S/C16H22N4O2.ClH/c1-21-14-7-8-20(13(9-14)10-17)11-15-18-16(22-19-15)12-5-3-2-4-6-12;/h2-6,13-14H,7-11,17H2,1H3;1H. The Morgan fingerprint density at radius 2 is 2.13 bits per heavy atom. The molecule has 2 atom stereocenters. The van der Waals surface area contributed by atoms with Crippen LogP contribution in [0.1, 0.15) is 18.7 Å². The van der Waals surface area contributed by atoms with Gasteiger partial charge in [-0.2, -0.15) is 4.98 Å². The Bertz CT molecular complexity index is 593. The molecule has 1 fully saturated rings. The molecule has 0 amide bonds. The maximum atomic E-state index is 5.90. The van der Waals surface area contributed by atoms with Crippen LogP contribution >= 0.6 is 12.4 Å². The van der Waals surface area contributed by atoms with E-state index >= 15 is 0 Å². The monoisotopic (exact) mass is 338 g/mol. The van der Waals surface area contributed by atoms with Crippen LogP contribution in [0.2, 0.25) is 0 Å². The predicted octanol–water partition coefficient (Wildman–Crippen LogP) is 2.10. The van der Waals surface area contributed by atoms with Crippen molar-refractivity contribution in [2.24, 2.45) is 5.73 Å². The van der Waals surface area contributed by atoms with E-state index in [-0.39, 0.29) is 12.4 Å². The van der Waals surface area contributed by atoms with Gasteiger partial charge in [-0.25, -0.2) is 0 Å². The zero-order valence-corrected chi connectivity index (χ0v) is 14.0. The highest BCUT2D eigenvalue weighted by atomic mass is 35.5. The van der Waals surface area contributed by atoms with Crippen LogP contribution in [0.15, 0.2) is 34.9 Å². The molecule has 2 heterocycles. The van der Waals surface area contributed by atoms with E-state index in [0.717, 1.165) is 24.9 Å². The third kappa shape index (κ3) is 4.29. The average molecular weight is 339 g/mol. The molecule has 0 saturated carbocycles. The molecule has 1 aliphatic rings. The van der Waals surface area contributed by atoms with Crippen molar-refractivity contribution in [1.29, 1.82) is 0 Å². The lowest BCUT2D eigenvalue weighted by Gasteiger charge is -2.37. The molecule has 2 unspecified atom stereocenters. The van der Waals surface area contributed by atoms with Crippen molar-refractivity contribution in [1.82, 2.24) is 15.0 Å². The number of benzene rings is 1. The van der Waals surface area contributed by atoms with Gasteiger partial charge in [-0.15, -0.1) is 12.4 Å². The molecule has 7 heteroatoms. The molecule has 1 aliphatic heterocycles. The molecule has 1 aromatic heterocycles. The van der Waals surface area contributed by atoms with Gasteiger partial charge in [0.05, 0.1) is 12.6 Å². The van der Waals surface area contributed by atoms with Gasteiger partial charge in [-0.1, -0.05) is 23.4 Å². The zero-order valence-electron chi connectivity index (χ0n) is 13.2. The van der Waals surface area contributed by atoms with Crippen molar-refractivity contribution < 1.29 is 9.26 Å². The lowest BCUT2D eigenvalue weighted by atomic mass is 9.99. The van der Waals surface area contributed by atoms with Gasteiger partial charge in [0.25, 0.3) is 5.89 Å². The zero-order chi connectivity index (χ0) is 15.4. The summed E-state index contributed by atoms with van der Waals surface area (Å²) in [5.74, 6) is 1.26. The van der Waals surface area contributed by atoms with Crippen molar-refractivity contribution in [3.63, 3.8) is 0 Å². The Morgan fingerprint density at radius 3 is 2.83 bits per heavy atom. The second-order valence-corrected chi connectivity index (χ2v) is 5.62. The molecule has 0 bridgehead atoms. The van der Waals surface area contributed by atoms with Crippen LogP contribution in [0.5, 0.6) is 0 Å². The summed E-state index contributed by atoms with van der Waals surface area (Å²) in [6.07, 6.45) is 2.27. The Kier molecular flexibility index (Phi) is 6.53. The van der Waals surface area contributed by atoms with E-state index < -0.39 is 0 Å². The first-order valence-corrected chi connectivity index (χ1v) is 7.65. The molecule has 0 radical (unpaired) electrons. The van der Waals surface area contributed by atoms with Crippen LogP contribution in [0, 0.1) is 0 Å². The molecule has 23 heavy (non-hydrogen) atoms. The van der Waals surface area contributed by atoms with Crippen molar-refractivity contribution >= 4 is 12.4 Å². The van der Waals surface area contributed by atoms with E-state index in [1.54, 1.807) is 7.11 Å². The molecule has 1 saturated heterocycles. The lowest BCUT2D eigenvalue weighted by Crippen LogP contribution is -2.48. The molecule has 2 aromatic rings. The maximum Gasteiger partial charge on any atom is 0.257 e. The van der Waals surface area contributed by atoms with E-state index in [0.29, 0.717) is 37.0 Å². The fourth-order valence-electron chi connectivity index (χ4n) is 2.93. The number of nitrogens with zero attached hydrogens (tertiary/aromatic N) is 3. The molecule has 126 valence electrons. The van der Waals surface area contributed by atoms with Crippen LogP contribution in [-0.4, -0.2) is 47.4 Å². The summed E-state index contributed by atoms with van der Waals surface area (Å²) in [5.41, 5.74) is 6.84. The summed E-state index contributed by atoms with van der Waals surface area (Å²) in [6, 6.07) is 10.1. The van der Waals surface area contributed by atoms with Gasteiger partial charge in [0.15, 0.2) is 5.82 Å². The summed E-state index contributed by atoms with van der Waals surface area (Å²) in [6.45, 7) is 2.22. The molecular weight excluding hydrogens is 316 g/mol. The molecule has 0 spiro atoms. The van der Waals surface area contributed by atoms with Gasteiger partial charge in [-0.3, -0.25) is 4.90 Å². The van der Waals surface area contributed by atoms with Gasteiger partial charge in [0.1, 0.15) is 0 Å². The minimum atomic E-state index is 0. The third-order valence-corrected chi connectivity index (χ3v) is 4.23. The molecule has 0 aliphatic carbocycles. The number of piperidine rings is 1. The minimum Gasteiger partial charge on any atom is -0.381 e. The van der Waals surface area contributed by atoms with Crippen LogP contribution in [-0.2, 0) is 11.3 Å². The van der Waals surface area contributed by atoms with Crippen LogP contribution in [0.3, 0.4) is 0 Å². The van der Waals surface area contributed by atoms with Gasteiger partial charge in [0.2, 0.25) is 0 Å². The quantitative estimate of drug-likeness (QED) is 0.899. The third-order valence-electron chi connectivity index (χ3n) is 4.23. The molecule has 2 N–H and O–H groups in total. The number of methoxy groups -OCH3 is 1. The van der Waals surface area contributed by atoms with Gasteiger partial charge >= 0.3 is 0 Å². The van der Waals surface area contributed by atoms with Gasteiger partial charge in [0, 0.05) is 31.8 Å². The second-order valence-electron chi connectivity index (χ2n) is 5.62. The first-order valence-electron chi connectivity index (χ1n) is 7.65. The highest BCUT2D eigenvalue weighted by molar-refractivity contribution is 5.85. The highest BCUT2D eigenvalue weighted by Gasteiger charge is 2.28. The normalized spacial score (nSPS) is 21.8. The summed E-state index contributed by atoms with van der Waals surface area (Å²) in [4.78, 5) is 6.81. The topological polar surface area (TPSA) is 77.4 Å². The number of hydrogen-bond donors (Lipinski definition) is 1. The number of hydrogen-bond acceptors (Lipinski definition) is 6. The lowest BCUT2D eigenvalue weighted by molar-refractivity contribution is 0.00910. The summed E-state index contributed by atoms with van der Waals surface area (Å²) in [7, 11) is 1.76. The summed E-state index contributed by atoms with van der Waals surface area (Å²) >= 11 is 0. The maximum absolute atomic E-state index is 5.90. The van der Waals surface area contributed by atoms with Crippen LogP contribution < -0.4 is 5.73 Å². The smallest absolute Gasteiger partial charge is 0.257 e. The highest BCUT2D eigenvalue weighted by Crippen LogP contribution is 2.22. The van der Waals surface area contributed by atoms with Crippen LogP contribution in [0.4, 0.5) is 0 Å². The summed E-state index contributed by atoms with van der Waals surface area (Å²) in [5, 5.41) is 4.09. The van der Waals surface area contributed by atoms with Gasteiger partial charge in [-0.05, 0) is 25.0 Å². The summed E-state index contributed by atoms with van der Waals surface area (Å²) < 4.78 is 10.8.